The van der Waals surface area contributed by atoms with Gasteiger partial charge in [-0.2, -0.15) is 0 Å². The van der Waals surface area contributed by atoms with E-state index >= 15 is 0 Å². The number of imidazole rings is 1. The van der Waals surface area contributed by atoms with E-state index in [1.54, 1.807) is 49.4 Å². The van der Waals surface area contributed by atoms with Crippen molar-refractivity contribution in [1.82, 2.24) is 14.5 Å². The normalized spacial score (nSPS) is 12.6. The van der Waals surface area contributed by atoms with Gasteiger partial charge >= 0.3 is 5.69 Å². The fourth-order valence-electron chi connectivity index (χ4n) is 3.86. The summed E-state index contributed by atoms with van der Waals surface area (Å²) in [4.78, 5) is 20.3. The molecular weight excluding hydrogens is 461 g/mol. The molecule has 178 valence electrons. The van der Waals surface area contributed by atoms with Gasteiger partial charge < -0.3 is 14.5 Å². The number of hydrogen-bond donors (Lipinski definition) is 1. The Bertz CT molecular complexity index is 1490. The molecule has 0 bridgehead atoms. The highest BCUT2D eigenvalue weighted by Gasteiger charge is 2.26. The Morgan fingerprint density at radius 2 is 1.79 bits per heavy atom. The lowest BCUT2D eigenvalue weighted by Gasteiger charge is -2.19. The Hall–Kier alpha value is -3.66. The molecule has 8 nitrogen and oxygen atoms in total. The van der Waals surface area contributed by atoms with Crippen LogP contribution in [-0.4, -0.2) is 48.7 Å². The molecule has 0 aliphatic carbocycles. The van der Waals surface area contributed by atoms with Crippen LogP contribution in [0.25, 0.3) is 22.2 Å². The molecule has 0 saturated heterocycles. The van der Waals surface area contributed by atoms with Crippen LogP contribution in [0, 0.1) is 5.82 Å². The number of methoxy groups -OCH3 is 1. The number of hydrogen-bond acceptors (Lipinski definition) is 6. The van der Waals surface area contributed by atoms with Crippen LogP contribution in [0.1, 0.15) is 18.7 Å². The molecule has 0 aliphatic heterocycles. The van der Waals surface area contributed by atoms with E-state index in [0.29, 0.717) is 29.1 Å². The van der Waals surface area contributed by atoms with Crippen molar-refractivity contribution in [3.63, 3.8) is 0 Å². The van der Waals surface area contributed by atoms with Crippen LogP contribution < -0.4 is 15.2 Å². The number of pyridine rings is 1. The summed E-state index contributed by atoms with van der Waals surface area (Å²) in [5.74, 6) is -0.0670. The van der Waals surface area contributed by atoms with Gasteiger partial charge in [0.2, 0.25) is 0 Å². The molecule has 0 spiro atoms. The first kappa shape index (κ1) is 23.5. The monoisotopic (exact) mass is 485 g/mol. The average molecular weight is 486 g/mol. The van der Waals surface area contributed by atoms with E-state index in [4.69, 9.17) is 9.47 Å². The molecule has 0 amide bonds. The third kappa shape index (κ3) is 4.81. The summed E-state index contributed by atoms with van der Waals surface area (Å²) in [6, 6.07) is 13.7. The number of ether oxygens (including phenoxy) is 2. The Labute approximate surface area is 195 Å². The summed E-state index contributed by atoms with van der Waals surface area (Å²) in [5.41, 5.74) is 2.46. The second-order valence-corrected chi connectivity index (χ2v) is 10.0. The van der Waals surface area contributed by atoms with Gasteiger partial charge in [-0.3, -0.25) is 4.57 Å². The fraction of sp³-hybridized carbons (Fsp3) is 0.250. The second kappa shape index (κ2) is 9.30. The third-order valence-corrected chi connectivity index (χ3v) is 6.28. The number of rotatable bonds is 8. The number of nitrogens with one attached hydrogen (secondary N) is 1. The number of aromatic amines is 1. The van der Waals surface area contributed by atoms with Crippen molar-refractivity contribution in [3.8, 4) is 22.8 Å². The topological polar surface area (TPSA) is 103 Å². The Kier molecular flexibility index (Phi) is 6.43. The zero-order valence-electron chi connectivity index (χ0n) is 18.9. The number of halogens is 1. The second-order valence-electron chi connectivity index (χ2n) is 7.82. The molecule has 1 N–H and O–H groups in total. The van der Waals surface area contributed by atoms with E-state index in [-0.39, 0.29) is 17.5 Å². The van der Waals surface area contributed by atoms with Crippen molar-refractivity contribution in [3.05, 3.63) is 76.6 Å². The predicted molar refractivity (Wildman–Crippen MR) is 128 cm³/mol. The minimum atomic E-state index is -3.50. The van der Waals surface area contributed by atoms with Crippen molar-refractivity contribution in [2.45, 2.75) is 13.0 Å². The van der Waals surface area contributed by atoms with Gasteiger partial charge in [0.25, 0.3) is 5.88 Å². The fourth-order valence-corrected chi connectivity index (χ4v) is 4.76. The summed E-state index contributed by atoms with van der Waals surface area (Å²) < 4.78 is 50.1. The SMILES string of the molecule is CCOc1nc(C(CS(C)(=O)=O)n2c(=O)[nH]c3cc(-c4ccc(F)cc4)ccc32)ccc1OC. The Balaban J connectivity index is 1.86. The molecule has 2 aromatic heterocycles. The summed E-state index contributed by atoms with van der Waals surface area (Å²) in [6.07, 6.45) is 1.11. The maximum absolute atomic E-state index is 13.3. The number of nitrogens with zero attached hydrogens (tertiary/aromatic N) is 2. The van der Waals surface area contributed by atoms with Crippen molar-refractivity contribution in [2.75, 3.05) is 25.7 Å². The number of benzene rings is 2. The molecule has 1 atom stereocenters. The molecule has 0 radical (unpaired) electrons. The lowest BCUT2D eigenvalue weighted by atomic mass is 10.0. The summed E-state index contributed by atoms with van der Waals surface area (Å²) >= 11 is 0. The first-order valence-corrected chi connectivity index (χ1v) is 12.6. The van der Waals surface area contributed by atoms with E-state index in [1.807, 2.05) is 0 Å². The smallest absolute Gasteiger partial charge is 0.327 e. The quantitative estimate of drug-likeness (QED) is 0.409. The summed E-state index contributed by atoms with van der Waals surface area (Å²) in [5, 5.41) is 0. The molecule has 1 unspecified atom stereocenters. The average Bonchev–Trinajstić information content (AvgIpc) is 3.12. The van der Waals surface area contributed by atoms with Gasteiger partial charge in [0.05, 0.1) is 42.2 Å². The van der Waals surface area contributed by atoms with E-state index in [2.05, 4.69) is 9.97 Å². The Morgan fingerprint density at radius 3 is 2.44 bits per heavy atom. The molecule has 0 saturated carbocycles. The standard InChI is InChI=1S/C24H24FN3O5S/c1-4-33-23-22(32-2)12-10-18(26-23)21(14-34(3,30)31)28-20-11-7-16(13-19(20)27-24(28)29)15-5-8-17(25)9-6-15/h5-13,21H,4,14H2,1-3H3,(H,27,29). The number of H-pyrrole nitrogens is 1. The van der Waals surface area contributed by atoms with E-state index < -0.39 is 21.6 Å². The van der Waals surface area contributed by atoms with Gasteiger partial charge in [-0.1, -0.05) is 18.2 Å². The zero-order chi connectivity index (χ0) is 24.5. The van der Waals surface area contributed by atoms with Crippen LogP contribution in [-0.2, 0) is 9.84 Å². The molecule has 0 aliphatic rings. The van der Waals surface area contributed by atoms with Crippen LogP contribution >= 0.6 is 0 Å². The molecule has 2 heterocycles. The van der Waals surface area contributed by atoms with Crippen LogP contribution in [0.2, 0.25) is 0 Å². The van der Waals surface area contributed by atoms with Gasteiger partial charge in [0, 0.05) is 6.26 Å². The summed E-state index contributed by atoms with van der Waals surface area (Å²) in [6.45, 7) is 2.13. The molecule has 34 heavy (non-hydrogen) atoms. The van der Waals surface area contributed by atoms with E-state index in [0.717, 1.165) is 17.4 Å². The highest BCUT2D eigenvalue weighted by molar-refractivity contribution is 7.90. The molecule has 2 aromatic carbocycles. The summed E-state index contributed by atoms with van der Waals surface area (Å²) in [7, 11) is -2.02. The molecule has 10 heteroatoms. The zero-order valence-corrected chi connectivity index (χ0v) is 19.7. The predicted octanol–water partition coefficient (Wildman–Crippen LogP) is 3.57. The Morgan fingerprint density at radius 1 is 1.09 bits per heavy atom. The molecule has 4 aromatic rings. The molecule has 4 rings (SSSR count). The number of fused-ring (bicyclic) bond motifs is 1. The largest absolute Gasteiger partial charge is 0.491 e. The van der Waals surface area contributed by atoms with Crippen LogP contribution in [0.3, 0.4) is 0 Å². The first-order chi connectivity index (χ1) is 16.2. The highest BCUT2D eigenvalue weighted by atomic mass is 32.2. The minimum Gasteiger partial charge on any atom is -0.491 e. The lowest BCUT2D eigenvalue weighted by molar-refractivity contribution is 0.296. The number of sulfone groups is 1. The van der Waals surface area contributed by atoms with E-state index in [1.165, 1.54) is 23.8 Å². The molecule has 0 fully saturated rings. The van der Waals surface area contributed by atoms with Gasteiger partial charge in [0.15, 0.2) is 5.75 Å². The van der Waals surface area contributed by atoms with Crippen molar-refractivity contribution >= 4 is 20.9 Å². The van der Waals surface area contributed by atoms with E-state index in [9.17, 15) is 17.6 Å². The van der Waals surface area contributed by atoms with Gasteiger partial charge in [-0.25, -0.2) is 22.6 Å². The van der Waals surface area contributed by atoms with Crippen molar-refractivity contribution < 1.29 is 22.3 Å². The maximum Gasteiger partial charge on any atom is 0.327 e. The maximum atomic E-state index is 13.3. The first-order valence-electron chi connectivity index (χ1n) is 10.6. The lowest BCUT2D eigenvalue weighted by Crippen LogP contribution is -2.29. The minimum absolute atomic E-state index is 0.215. The van der Waals surface area contributed by atoms with Crippen molar-refractivity contribution in [2.24, 2.45) is 0 Å². The van der Waals surface area contributed by atoms with Crippen LogP contribution in [0.15, 0.2) is 59.4 Å². The van der Waals surface area contributed by atoms with Crippen LogP contribution in [0.4, 0.5) is 4.39 Å². The third-order valence-electron chi connectivity index (χ3n) is 5.36. The highest BCUT2D eigenvalue weighted by Crippen LogP contribution is 2.30. The van der Waals surface area contributed by atoms with Crippen molar-refractivity contribution in [1.29, 1.82) is 0 Å². The van der Waals surface area contributed by atoms with Gasteiger partial charge in [0.1, 0.15) is 15.7 Å². The van der Waals surface area contributed by atoms with Crippen LogP contribution in [0.5, 0.6) is 11.6 Å². The number of aromatic nitrogens is 3. The van der Waals surface area contributed by atoms with Gasteiger partial charge in [-0.05, 0) is 54.4 Å². The molecular formula is C24H24FN3O5S. The van der Waals surface area contributed by atoms with Gasteiger partial charge in [-0.15, -0.1) is 0 Å².